The van der Waals surface area contributed by atoms with Crippen molar-refractivity contribution in [1.82, 2.24) is 5.16 Å². The van der Waals surface area contributed by atoms with Crippen LogP contribution in [0.5, 0.6) is 0 Å². The fraction of sp³-hybridized carbons (Fsp3) is 0.167. The van der Waals surface area contributed by atoms with E-state index < -0.39 is 0 Å². The Kier molecular flexibility index (Phi) is 3.39. The first kappa shape index (κ1) is 11.6. The monoisotopic (exact) mass is 247 g/mol. The predicted octanol–water partition coefficient (Wildman–Crippen LogP) is 3.10. The van der Waals surface area contributed by atoms with Gasteiger partial charge in [-0.3, -0.25) is 0 Å². The van der Waals surface area contributed by atoms with Gasteiger partial charge in [-0.25, -0.2) is 0 Å². The van der Waals surface area contributed by atoms with E-state index in [4.69, 9.17) is 16.7 Å². The largest absolute Gasteiger partial charge is 0.359 e. The average molecular weight is 247 g/mol. The highest BCUT2D eigenvalue weighted by Crippen LogP contribution is 2.18. The number of hydrogen-bond acceptors (Lipinski definition) is 3. The number of nitrogens with zero attached hydrogens (tertiary/aromatic N) is 1. The Morgan fingerprint density at radius 3 is 2.47 bits per heavy atom. The number of nitrogens with one attached hydrogen (secondary N) is 2. The SMILES string of the molecule is Cc1noc(C)c1NC(=S)Nc1ccccc1. The molecule has 0 radical (unpaired) electrons. The number of aryl methyl sites for hydroxylation is 2. The number of anilines is 2. The van der Waals surface area contributed by atoms with Crippen LogP contribution in [0.4, 0.5) is 11.4 Å². The minimum absolute atomic E-state index is 0.519. The third-order valence-corrected chi connectivity index (χ3v) is 2.51. The van der Waals surface area contributed by atoms with E-state index in [1.165, 1.54) is 0 Å². The quantitative estimate of drug-likeness (QED) is 0.799. The molecule has 2 N–H and O–H groups in total. The smallest absolute Gasteiger partial charge is 0.175 e. The van der Waals surface area contributed by atoms with Crippen molar-refractivity contribution in [3.8, 4) is 0 Å². The molecule has 0 bridgehead atoms. The molecule has 0 unspecified atom stereocenters. The van der Waals surface area contributed by atoms with E-state index in [-0.39, 0.29) is 0 Å². The van der Waals surface area contributed by atoms with Gasteiger partial charge in [0.15, 0.2) is 10.9 Å². The lowest BCUT2D eigenvalue weighted by Crippen LogP contribution is -2.19. The summed E-state index contributed by atoms with van der Waals surface area (Å²) in [5.41, 5.74) is 2.55. The molecule has 1 aromatic carbocycles. The maximum Gasteiger partial charge on any atom is 0.175 e. The van der Waals surface area contributed by atoms with E-state index in [2.05, 4.69) is 15.8 Å². The molecule has 1 heterocycles. The maximum absolute atomic E-state index is 5.21. The van der Waals surface area contributed by atoms with Crippen LogP contribution in [0.25, 0.3) is 0 Å². The molecule has 5 heteroatoms. The van der Waals surface area contributed by atoms with Gasteiger partial charge >= 0.3 is 0 Å². The Bertz CT molecular complexity index is 502. The molecule has 0 aliphatic carbocycles. The number of benzene rings is 1. The summed E-state index contributed by atoms with van der Waals surface area (Å²) in [4.78, 5) is 0. The highest BCUT2D eigenvalue weighted by Gasteiger charge is 2.09. The molecule has 0 atom stereocenters. The molecule has 1 aromatic heterocycles. The van der Waals surface area contributed by atoms with Crippen LogP contribution in [0.1, 0.15) is 11.5 Å². The summed E-state index contributed by atoms with van der Waals surface area (Å²) in [7, 11) is 0. The second-order valence-corrected chi connectivity index (χ2v) is 4.05. The van der Waals surface area contributed by atoms with Crippen molar-refractivity contribution < 1.29 is 4.52 Å². The molecular formula is C12H13N3OS. The molecule has 0 aliphatic heterocycles. The highest BCUT2D eigenvalue weighted by atomic mass is 32.1. The van der Waals surface area contributed by atoms with Crippen LogP contribution in [0.2, 0.25) is 0 Å². The van der Waals surface area contributed by atoms with Gasteiger partial charge in [-0.05, 0) is 38.2 Å². The fourth-order valence-corrected chi connectivity index (χ4v) is 1.68. The summed E-state index contributed by atoms with van der Waals surface area (Å²) in [5.74, 6) is 0.722. The minimum Gasteiger partial charge on any atom is -0.359 e. The van der Waals surface area contributed by atoms with Gasteiger partial charge in [0, 0.05) is 5.69 Å². The maximum atomic E-state index is 5.21. The second kappa shape index (κ2) is 4.97. The van der Waals surface area contributed by atoms with Crippen LogP contribution in [0.15, 0.2) is 34.9 Å². The summed E-state index contributed by atoms with van der Waals surface area (Å²) >= 11 is 5.21. The van der Waals surface area contributed by atoms with Crippen molar-refractivity contribution in [1.29, 1.82) is 0 Å². The Hall–Kier alpha value is -1.88. The summed E-state index contributed by atoms with van der Waals surface area (Å²) in [5, 5.41) is 10.5. The van der Waals surface area contributed by atoms with E-state index in [0.717, 1.165) is 22.8 Å². The number of aromatic nitrogens is 1. The Morgan fingerprint density at radius 2 is 1.88 bits per heavy atom. The first-order chi connectivity index (χ1) is 8.16. The number of hydrogen-bond donors (Lipinski definition) is 2. The zero-order valence-electron chi connectivity index (χ0n) is 9.65. The van der Waals surface area contributed by atoms with Crippen molar-refractivity contribution in [2.45, 2.75) is 13.8 Å². The molecule has 0 saturated heterocycles. The van der Waals surface area contributed by atoms with E-state index in [9.17, 15) is 0 Å². The number of rotatable bonds is 2. The fourth-order valence-electron chi connectivity index (χ4n) is 1.46. The van der Waals surface area contributed by atoms with Crippen molar-refractivity contribution in [3.05, 3.63) is 41.8 Å². The van der Waals surface area contributed by atoms with Gasteiger partial charge in [0.2, 0.25) is 0 Å². The molecule has 0 saturated carbocycles. The van der Waals surface area contributed by atoms with E-state index in [1.54, 1.807) is 0 Å². The lowest BCUT2D eigenvalue weighted by Gasteiger charge is -2.09. The molecule has 0 fully saturated rings. The first-order valence-corrected chi connectivity index (χ1v) is 5.63. The third kappa shape index (κ3) is 2.82. The zero-order chi connectivity index (χ0) is 12.3. The average Bonchev–Trinajstić information content (AvgIpc) is 2.62. The van der Waals surface area contributed by atoms with Crippen molar-refractivity contribution in [2.24, 2.45) is 0 Å². The van der Waals surface area contributed by atoms with Gasteiger partial charge in [-0.2, -0.15) is 0 Å². The van der Waals surface area contributed by atoms with Crippen LogP contribution < -0.4 is 10.6 Å². The first-order valence-electron chi connectivity index (χ1n) is 5.23. The molecule has 4 nitrogen and oxygen atoms in total. The van der Waals surface area contributed by atoms with Gasteiger partial charge in [0.1, 0.15) is 11.4 Å². The minimum atomic E-state index is 0.519. The van der Waals surface area contributed by atoms with Gasteiger partial charge in [-0.15, -0.1) is 0 Å². The van der Waals surface area contributed by atoms with Gasteiger partial charge < -0.3 is 15.2 Å². The number of para-hydroxylation sites is 1. The van der Waals surface area contributed by atoms with Crippen molar-refractivity contribution in [3.63, 3.8) is 0 Å². The van der Waals surface area contributed by atoms with E-state index >= 15 is 0 Å². The number of thiocarbonyl (C=S) groups is 1. The molecule has 0 aliphatic rings. The molecule has 2 aromatic rings. The van der Waals surface area contributed by atoms with E-state index in [0.29, 0.717) is 5.11 Å². The molecule has 88 valence electrons. The second-order valence-electron chi connectivity index (χ2n) is 3.64. The van der Waals surface area contributed by atoms with Crippen molar-refractivity contribution >= 4 is 28.7 Å². The molecular weight excluding hydrogens is 234 g/mol. The topological polar surface area (TPSA) is 50.1 Å². The standard InChI is InChI=1S/C12H13N3OS/c1-8-11(9(2)16-15-8)14-12(17)13-10-6-4-3-5-7-10/h3-7H,1-2H3,(H2,13,14,17). The van der Waals surface area contributed by atoms with Gasteiger partial charge in [0.25, 0.3) is 0 Å². The van der Waals surface area contributed by atoms with Crippen LogP contribution in [0.3, 0.4) is 0 Å². The van der Waals surface area contributed by atoms with Gasteiger partial charge in [0.05, 0.1) is 0 Å². The Morgan fingerprint density at radius 1 is 1.18 bits per heavy atom. The summed E-state index contributed by atoms with van der Waals surface area (Å²) in [6, 6.07) is 9.74. The summed E-state index contributed by atoms with van der Waals surface area (Å²) < 4.78 is 5.05. The summed E-state index contributed by atoms with van der Waals surface area (Å²) in [6.45, 7) is 3.71. The Balaban J connectivity index is 2.03. The molecule has 2 rings (SSSR count). The molecule has 0 amide bonds. The molecule has 17 heavy (non-hydrogen) atoms. The lowest BCUT2D eigenvalue weighted by atomic mass is 10.3. The van der Waals surface area contributed by atoms with Gasteiger partial charge in [-0.1, -0.05) is 23.4 Å². The predicted molar refractivity (Wildman–Crippen MR) is 72.3 cm³/mol. The Labute approximate surface area is 105 Å². The zero-order valence-corrected chi connectivity index (χ0v) is 10.5. The van der Waals surface area contributed by atoms with Crippen LogP contribution in [0, 0.1) is 13.8 Å². The van der Waals surface area contributed by atoms with Crippen LogP contribution in [-0.4, -0.2) is 10.3 Å². The normalized spacial score (nSPS) is 10.0. The summed E-state index contributed by atoms with van der Waals surface area (Å²) in [6.07, 6.45) is 0. The van der Waals surface area contributed by atoms with E-state index in [1.807, 2.05) is 44.2 Å². The lowest BCUT2D eigenvalue weighted by molar-refractivity contribution is 0.393. The van der Waals surface area contributed by atoms with Crippen LogP contribution in [-0.2, 0) is 0 Å². The van der Waals surface area contributed by atoms with Crippen molar-refractivity contribution in [2.75, 3.05) is 10.6 Å². The highest BCUT2D eigenvalue weighted by molar-refractivity contribution is 7.80. The molecule has 0 spiro atoms. The van der Waals surface area contributed by atoms with Crippen LogP contribution >= 0.6 is 12.2 Å². The third-order valence-electron chi connectivity index (χ3n) is 2.30.